The first kappa shape index (κ1) is 15.0. The molecular formula is C17H26N2O. The fourth-order valence-corrected chi connectivity index (χ4v) is 3.12. The van der Waals surface area contributed by atoms with E-state index in [0.29, 0.717) is 12.5 Å². The standard InChI is InChI=1S/C17H26N2O/c1-13-6-3-8-15(12-13)19(11-5-10-18)17(20)16-9-4-7-14(16)2/h3,6,8,12,14,16H,4-5,7,9-11,18H2,1-2H3. The summed E-state index contributed by atoms with van der Waals surface area (Å²) >= 11 is 0. The zero-order valence-corrected chi connectivity index (χ0v) is 12.6. The van der Waals surface area contributed by atoms with Crippen molar-refractivity contribution in [2.75, 3.05) is 18.0 Å². The van der Waals surface area contributed by atoms with Crippen LogP contribution in [-0.4, -0.2) is 19.0 Å². The van der Waals surface area contributed by atoms with Gasteiger partial charge in [0, 0.05) is 18.2 Å². The topological polar surface area (TPSA) is 46.3 Å². The van der Waals surface area contributed by atoms with Crippen molar-refractivity contribution in [1.82, 2.24) is 0 Å². The molecule has 1 amide bonds. The zero-order chi connectivity index (χ0) is 14.5. The van der Waals surface area contributed by atoms with Crippen LogP contribution in [0.5, 0.6) is 0 Å². The molecule has 0 spiro atoms. The maximum absolute atomic E-state index is 12.9. The number of aryl methyl sites for hydroxylation is 1. The van der Waals surface area contributed by atoms with Crippen molar-refractivity contribution in [3.05, 3.63) is 29.8 Å². The number of rotatable bonds is 5. The van der Waals surface area contributed by atoms with Crippen LogP contribution in [0.1, 0.15) is 38.2 Å². The molecule has 2 atom stereocenters. The molecule has 1 fully saturated rings. The molecule has 0 radical (unpaired) electrons. The molecule has 1 aliphatic carbocycles. The van der Waals surface area contributed by atoms with Crippen LogP contribution in [0.15, 0.2) is 24.3 Å². The summed E-state index contributed by atoms with van der Waals surface area (Å²) in [5, 5.41) is 0. The van der Waals surface area contributed by atoms with Gasteiger partial charge in [0.1, 0.15) is 0 Å². The number of amides is 1. The number of carbonyl (C=O) groups excluding carboxylic acids is 1. The fourth-order valence-electron chi connectivity index (χ4n) is 3.12. The van der Waals surface area contributed by atoms with E-state index in [0.717, 1.165) is 25.1 Å². The number of anilines is 1. The van der Waals surface area contributed by atoms with Gasteiger partial charge in [0.2, 0.25) is 5.91 Å². The summed E-state index contributed by atoms with van der Waals surface area (Å²) < 4.78 is 0. The third-order valence-corrected chi connectivity index (χ3v) is 4.34. The summed E-state index contributed by atoms with van der Waals surface area (Å²) in [4.78, 5) is 14.8. The lowest BCUT2D eigenvalue weighted by molar-refractivity contribution is -0.123. The van der Waals surface area contributed by atoms with Crippen molar-refractivity contribution in [2.45, 2.75) is 39.5 Å². The summed E-state index contributed by atoms with van der Waals surface area (Å²) in [5.41, 5.74) is 7.83. The minimum absolute atomic E-state index is 0.188. The van der Waals surface area contributed by atoms with Crippen molar-refractivity contribution in [2.24, 2.45) is 17.6 Å². The molecule has 1 aromatic carbocycles. The van der Waals surface area contributed by atoms with Gasteiger partial charge in [-0.15, -0.1) is 0 Å². The van der Waals surface area contributed by atoms with Gasteiger partial charge in [0.05, 0.1) is 0 Å². The van der Waals surface area contributed by atoms with Gasteiger partial charge in [0.25, 0.3) is 0 Å². The molecule has 0 saturated heterocycles. The molecular weight excluding hydrogens is 248 g/mol. The van der Waals surface area contributed by atoms with Gasteiger partial charge in [-0.3, -0.25) is 4.79 Å². The molecule has 0 heterocycles. The SMILES string of the molecule is Cc1cccc(N(CCCN)C(=O)C2CCCC2C)c1. The number of nitrogens with zero attached hydrogens (tertiary/aromatic N) is 1. The summed E-state index contributed by atoms with van der Waals surface area (Å²) in [6, 6.07) is 8.20. The van der Waals surface area contributed by atoms with Crippen LogP contribution < -0.4 is 10.6 Å². The van der Waals surface area contributed by atoms with Crippen molar-refractivity contribution in [3.63, 3.8) is 0 Å². The Balaban J connectivity index is 2.20. The number of benzene rings is 1. The van der Waals surface area contributed by atoms with E-state index >= 15 is 0 Å². The first-order valence-electron chi connectivity index (χ1n) is 7.71. The van der Waals surface area contributed by atoms with E-state index in [1.54, 1.807) is 0 Å². The monoisotopic (exact) mass is 274 g/mol. The Morgan fingerprint density at radius 1 is 1.40 bits per heavy atom. The van der Waals surface area contributed by atoms with E-state index in [1.165, 1.54) is 18.4 Å². The molecule has 3 nitrogen and oxygen atoms in total. The highest BCUT2D eigenvalue weighted by Gasteiger charge is 2.33. The number of hydrogen-bond donors (Lipinski definition) is 1. The van der Waals surface area contributed by atoms with Crippen LogP contribution >= 0.6 is 0 Å². The first-order valence-corrected chi connectivity index (χ1v) is 7.71. The van der Waals surface area contributed by atoms with Crippen LogP contribution in [-0.2, 0) is 4.79 Å². The molecule has 1 aliphatic rings. The largest absolute Gasteiger partial charge is 0.330 e. The second kappa shape index (κ2) is 6.89. The minimum atomic E-state index is 0.188. The van der Waals surface area contributed by atoms with E-state index in [-0.39, 0.29) is 11.8 Å². The minimum Gasteiger partial charge on any atom is -0.330 e. The van der Waals surface area contributed by atoms with Gasteiger partial charge < -0.3 is 10.6 Å². The molecule has 1 saturated carbocycles. The van der Waals surface area contributed by atoms with Gasteiger partial charge >= 0.3 is 0 Å². The van der Waals surface area contributed by atoms with Gasteiger partial charge in [0.15, 0.2) is 0 Å². The first-order chi connectivity index (χ1) is 9.63. The molecule has 2 N–H and O–H groups in total. The molecule has 0 aliphatic heterocycles. The highest BCUT2D eigenvalue weighted by molar-refractivity contribution is 5.95. The molecule has 3 heteroatoms. The third-order valence-electron chi connectivity index (χ3n) is 4.34. The van der Waals surface area contributed by atoms with E-state index in [9.17, 15) is 4.79 Å². The van der Waals surface area contributed by atoms with Crippen molar-refractivity contribution in [3.8, 4) is 0 Å². The summed E-state index contributed by atoms with van der Waals surface area (Å²) in [6.07, 6.45) is 4.23. The summed E-state index contributed by atoms with van der Waals surface area (Å²) in [5.74, 6) is 0.982. The van der Waals surface area contributed by atoms with Crippen LogP contribution in [0.2, 0.25) is 0 Å². The highest BCUT2D eigenvalue weighted by Crippen LogP contribution is 2.34. The van der Waals surface area contributed by atoms with E-state index in [1.807, 2.05) is 17.0 Å². The summed E-state index contributed by atoms with van der Waals surface area (Å²) in [7, 11) is 0. The van der Waals surface area contributed by atoms with Crippen LogP contribution in [0.3, 0.4) is 0 Å². The molecule has 2 unspecified atom stereocenters. The van der Waals surface area contributed by atoms with Gasteiger partial charge in [-0.1, -0.05) is 25.5 Å². The third kappa shape index (κ3) is 3.40. The number of nitrogens with two attached hydrogens (primary N) is 1. The Labute approximate surface area is 122 Å². The van der Waals surface area contributed by atoms with E-state index in [2.05, 4.69) is 26.0 Å². The predicted octanol–water partition coefficient (Wildman–Crippen LogP) is 3.11. The normalized spacial score (nSPS) is 21.9. The Bertz CT molecular complexity index is 458. The molecule has 2 rings (SSSR count). The van der Waals surface area contributed by atoms with Crippen LogP contribution in [0.4, 0.5) is 5.69 Å². The Hall–Kier alpha value is -1.35. The zero-order valence-electron chi connectivity index (χ0n) is 12.6. The second-order valence-electron chi connectivity index (χ2n) is 5.99. The van der Waals surface area contributed by atoms with Crippen molar-refractivity contribution in [1.29, 1.82) is 0 Å². The maximum atomic E-state index is 12.9. The molecule has 1 aromatic rings. The smallest absolute Gasteiger partial charge is 0.230 e. The fraction of sp³-hybridized carbons (Fsp3) is 0.588. The summed E-state index contributed by atoms with van der Waals surface area (Å²) in [6.45, 7) is 5.61. The average molecular weight is 274 g/mol. The lowest BCUT2D eigenvalue weighted by atomic mass is 9.96. The number of carbonyl (C=O) groups is 1. The van der Waals surface area contributed by atoms with Gasteiger partial charge in [-0.2, -0.15) is 0 Å². The molecule has 0 bridgehead atoms. The van der Waals surface area contributed by atoms with Gasteiger partial charge in [-0.05, 0) is 56.3 Å². The lowest BCUT2D eigenvalue weighted by Crippen LogP contribution is -2.38. The van der Waals surface area contributed by atoms with Crippen molar-refractivity contribution < 1.29 is 4.79 Å². The van der Waals surface area contributed by atoms with Crippen molar-refractivity contribution >= 4 is 11.6 Å². The number of hydrogen-bond acceptors (Lipinski definition) is 2. The Morgan fingerprint density at radius 2 is 2.20 bits per heavy atom. The van der Waals surface area contributed by atoms with Crippen LogP contribution in [0.25, 0.3) is 0 Å². The molecule has 0 aromatic heterocycles. The average Bonchev–Trinajstić information content (AvgIpc) is 2.85. The van der Waals surface area contributed by atoms with E-state index < -0.39 is 0 Å². The van der Waals surface area contributed by atoms with E-state index in [4.69, 9.17) is 5.73 Å². The Morgan fingerprint density at radius 3 is 2.80 bits per heavy atom. The molecule has 110 valence electrons. The molecule has 20 heavy (non-hydrogen) atoms. The quantitative estimate of drug-likeness (QED) is 0.896. The van der Waals surface area contributed by atoms with Gasteiger partial charge in [-0.25, -0.2) is 0 Å². The maximum Gasteiger partial charge on any atom is 0.230 e. The highest BCUT2D eigenvalue weighted by atomic mass is 16.2. The van der Waals surface area contributed by atoms with Crippen LogP contribution in [0, 0.1) is 18.8 Å². The lowest BCUT2D eigenvalue weighted by Gasteiger charge is -2.27. The second-order valence-corrected chi connectivity index (χ2v) is 5.99. The predicted molar refractivity (Wildman–Crippen MR) is 83.7 cm³/mol. The Kier molecular flexibility index (Phi) is 5.18.